The van der Waals surface area contributed by atoms with Gasteiger partial charge >= 0.3 is 11.9 Å². The van der Waals surface area contributed by atoms with E-state index in [1.165, 1.54) is 19.9 Å². The molecule has 116 valence electrons. The Labute approximate surface area is 129 Å². The van der Waals surface area contributed by atoms with Crippen molar-refractivity contribution in [2.75, 3.05) is 32.3 Å². The Morgan fingerprint density at radius 3 is 2.90 bits per heavy atom. The first-order valence-corrected chi connectivity index (χ1v) is 8.52. The first kappa shape index (κ1) is 14.8. The summed E-state index contributed by atoms with van der Waals surface area (Å²) < 4.78 is 9.99. The van der Waals surface area contributed by atoms with E-state index in [1.54, 1.807) is 0 Å². The van der Waals surface area contributed by atoms with Gasteiger partial charge in [0.1, 0.15) is 5.41 Å². The number of esters is 2. The molecule has 0 radical (unpaired) electrons. The van der Waals surface area contributed by atoms with Crippen LogP contribution in [0.4, 0.5) is 0 Å². The maximum atomic E-state index is 12.7. The quantitative estimate of drug-likeness (QED) is 0.738. The van der Waals surface area contributed by atoms with Crippen molar-refractivity contribution in [3.63, 3.8) is 0 Å². The van der Waals surface area contributed by atoms with Crippen molar-refractivity contribution >= 4 is 23.7 Å². The molecule has 6 heteroatoms. The van der Waals surface area contributed by atoms with E-state index in [2.05, 4.69) is 4.90 Å². The highest BCUT2D eigenvalue weighted by molar-refractivity contribution is 7.99. The predicted octanol–water partition coefficient (Wildman–Crippen LogP) is 1.58. The smallest absolute Gasteiger partial charge is 0.318 e. The Morgan fingerprint density at radius 2 is 2.19 bits per heavy atom. The molecule has 3 heterocycles. The van der Waals surface area contributed by atoms with Crippen molar-refractivity contribution in [3.05, 3.63) is 11.3 Å². The maximum Gasteiger partial charge on any atom is 0.318 e. The first-order chi connectivity index (χ1) is 10.1. The zero-order valence-electron chi connectivity index (χ0n) is 12.5. The summed E-state index contributed by atoms with van der Waals surface area (Å²) in [4.78, 5) is 27.0. The highest BCUT2D eigenvalue weighted by Gasteiger charge is 2.60. The molecule has 0 aromatic rings. The standard InChI is InChI=1S/C15H21NO4S/c1-19-13(17)8-15(14(18)20-2)10-9-21-7-5-11(10)16-6-3-4-12(15)16/h12H,3-9H2,1-2H3. The number of nitrogens with zero attached hydrogens (tertiary/aromatic N) is 1. The fourth-order valence-corrected chi connectivity index (χ4v) is 5.23. The number of hydrogen-bond acceptors (Lipinski definition) is 6. The highest BCUT2D eigenvalue weighted by Crippen LogP contribution is 2.55. The Morgan fingerprint density at radius 1 is 1.38 bits per heavy atom. The van der Waals surface area contributed by atoms with Crippen molar-refractivity contribution in [2.24, 2.45) is 5.41 Å². The lowest BCUT2D eigenvalue weighted by atomic mass is 9.72. The monoisotopic (exact) mass is 311 g/mol. The summed E-state index contributed by atoms with van der Waals surface area (Å²) in [7, 11) is 2.79. The van der Waals surface area contributed by atoms with Crippen molar-refractivity contribution < 1.29 is 19.1 Å². The summed E-state index contributed by atoms with van der Waals surface area (Å²) in [5.41, 5.74) is 1.56. The predicted molar refractivity (Wildman–Crippen MR) is 79.8 cm³/mol. The van der Waals surface area contributed by atoms with E-state index in [-0.39, 0.29) is 24.4 Å². The molecule has 0 aliphatic carbocycles. The molecule has 2 unspecified atom stereocenters. The van der Waals surface area contributed by atoms with Crippen molar-refractivity contribution in [1.29, 1.82) is 0 Å². The van der Waals surface area contributed by atoms with Gasteiger partial charge in [-0.25, -0.2) is 0 Å². The molecular formula is C15H21NO4S. The van der Waals surface area contributed by atoms with E-state index < -0.39 is 5.41 Å². The van der Waals surface area contributed by atoms with Crippen molar-refractivity contribution in [1.82, 2.24) is 4.90 Å². The average molecular weight is 311 g/mol. The normalized spacial score (nSPS) is 31.0. The van der Waals surface area contributed by atoms with Crippen molar-refractivity contribution in [3.8, 4) is 0 Å². The number of methoxy groups -OCH3 is 2. The maximum absolute atomic E-state index is 12.7. The largest absolute Gasteiger partial charge is 0.469 e. The summed E-state index contributed by atoms with van der Waals surface area (Å²) in [5.74, 6) is 1.28. The van der Waals surface area contributed by atoms with Crippen LogP contribution in [0.1, 0.15) is 25.7 Å². The SMILES string of the molecule is COC(=O)CC1(C(=O)OC)C2=C(CCSC2)N2CCCC21. The van der Waals surface area contributed by atoms with Crippen LogP contribution in [0.15, 0.2) is 11.3 Å². The van der Waals surface area contributed by atoms with Gasteiger partial charge in [0.25, 0.3) is 0 Å². The van der Waals surface area contributed by atoms with E-state index in [0.717, 1.165) is 42.9 Å². The number of ether oxygens (including phenoxy) is 2. The van der Waals surface area contributed by atoms with Gasteiger partial charge in [0, 0.05) is 24.0 Å². The van der Waals surface area contributed by atoms with Gasteiger partial charge < -0.3 is 14.4 Å². The van der Waals surface area contributed by atoms with E-state index >= 15 is 0 Å². The molecule has 0 aromatic carbocycles. The van der Waals surface area contributed by atoms with Crippen LogP contribution < -0.4 is 0 Å². The van der Waals surface area contributed by atoms with E-state index in [1.807, 2.05) is 11.8 Å². The molecule has 0 bridgehead atoms. The number of carbonyl (C=O) groups excluding carboxylic acids is 2. The molecular weight excluding hydrogens is 290 g/mol. The molecule has 0 N–H and O–H groups in total. The second-order valence-electron chi connectivity index (χ2n) is 5.80. The van der Waals surface area contributed by atoms with Gasteiger partial charge in [-0.3, -0.25) is 9.59 Å². The summed E-state index contributed by atoms with van der Waals surface area (Å²) in [6, 6.07) is 0.0627. The van der Waals surface area contributed by atoms with Crippen LogP contribution in [0.2, 0.25) is 0 Å². The third-order valence-corrected chi connectivity index (χ3v) is 5.97. The minimum absolute atomic E-state index is 0.0627. The lowest BCUT2D eigenvalue weighted by Gasteiger charge is -2.34. The fraction of sp³-hybridized carbons (Fsp3) is 0.733. The Hall–Kier alpha value is -1.17. The zero-order valence-corrected chi connectivity index (χ0v) is 13.3. The summed E-state index contributed by atoms with van der Waals surface area (Å²) in [6.07, 6.45) is 3.07. The summed E-state index contributed by atoms with van der Waals surface area (Å²) >= 11 is 1.83. The molecule has 2 atom stereocenters. The number of hydrogen-bond donors (Lipinski definition) is 0. The lowest BCUT2D eigenvalue weighted by molar-refractivity contribution is -0.159. The number of thioether (sulfide) groups is 1. The van der Waals surface area contributed by atoms with Gasteiger partial charge in [-0.2, -0.15) is 11.8 Å². The summed E-state index contributed by atoms with van der Waals surface area (Å²) in [5, 5.41) is 0. The lowest BCUT2D eigenvalue weighted by Crippen LogP contribution is -2.47. The second kappa shape index (κ2) is 5.55. The van der Waals surface area contributed by atoms with Crippen LogP contribution in [0.25, 0.3) is 0 Å². The van der Waals surface area contributed by atoms with Gasteiger partial charge in [0.05, 0.1) is 20.6 Å². The van der Waals surface area contributed by atoms with Crippen LogP contribution in [0, 0.1) is 5.41 Å². The highest BCUT2D eigenvalue weighted by atomic mass is 32.2. The van der Waals surface area contributed by atoms with Crippen molar-refractivity contribution in [2.45, 2.75) is 31.7 Å². The molecule has 0 spiro atoms. The topological polar surface area (TPSA) is 55.8 Å². The zero-order chi connectivity index (χ0) is 15.0. The molecule has 1 fully saturated rings. The molecule has 0 saturated carbocycles. The molecule has 3 aliphatic heterocycles. The fourth-order valence-electron chi connectivity index (χ4n) is 4.12. The van der Waals surface area contributed by atoms with Gasteiger partial charge in [-0.1, -0.05) is 0 Å². The molecule has 3 rings (SSSR count). The first-order valence-electron chi connectivity index (χ1n) is 7.37. The molecule has 3 aliphatic rings. The molecule has 0 aromatic heterocycles. The molecule has 0 amide bonds. The third-order valence-electron chi connectivity index (χ3n) is 4.99. The summed E-state index contributed by atoms with van der Waals surface area (Å²) in [6.45, 7) is 0.980. The van der Waals surface area contributed by atoms with E-state index in [9.17, 15) is 9.59 Å². The minimum atomic E-state index is -0.832. The van der Waals surface area contributed by atoms with Gasteiger partial charge in [-0.15, -0.1) is 0 Å². The second-order valence-corrected chi connectivity index (χ2v) is 6.90. The Balaban J connectivity index is 2.09. The number of rotatable bonds is 3. The van der Waals surface area contributed by atoms with Crippen LogP contribution in [-0.2, 0) is 19.1 Å². The molecule has 21 heavy (non-hydrogen) atoms. The minimum Gasteiger partial charge on any atom is -0.469 e. The van der Waals surface area contributed by atoms with Gasteiger partial charge in [0.2, 0.25) is 0 Å². The van der Waals surface area contributed by atoms with E-state index in [4.69, 9.17) is 9.47 Å². The van der Waals surface area contributed by atoms with E-state index in [0.29, 0.717) is 0 Å². The van der Waals surface area contributed by atoms with Crippen LogP contribution in [0.3, 0.4) is 0 Å². The van der Waals surface area contributed by atoms with Crippen LogP contribution in [-0.4, -0.2) is 55.2 Å². The number of fused-ring (bicyclic) bond motifs is 2. The Bertz CT molecular complexity index is 504. The third kappa shape index (κ3) is 2.06. The number of carbonyl (C=O) groups is 2. The number of allylic oxidation sites excluding steroid dienone is 1. The van der Waals surface area contributed by atoms with Gasteiger partial charge in [-0.05, 0) is 30.6 Å². The van der Waals surface area contributed by atoms with Crippen LogP contribution >= 0.6 is 11.8 Å². The molecule has 5 nitrogen and oxygen atoms in total. The van der Waals surface area contributed by atoms with Gasteiger partial charge in [0.15, 0.2) is 0 Å². The molecule has 1 saturated heterocycles. The van der Waals surface area contributed by atoms with Crippen LogP contribution in [0.5, 0.6) is 0 Å². The average Bonchev–Trinajstić information content (AvgIpc) is 3.09. The Kier molecular flexibility index (Phi) is 3.90.